The fourth-order valence-electron chi connectivity index (χ4n) is 1.85. The average Bonchev–Trinajstić information content (AvgIpc) is 2.21. The molecule has 0 saturated carbocycles. The van der Waals surface area contributed by atoms with E-state index in [1.54, 1.807) is 0 Å². The third kappa shape index (κ3) is 4.26. The first-order valence-electron chi connectivity index (χ1n) is 5.88. The Bertz CT molecular complexity index is 313. The summed E-state index contributed by atoms with van der Waals surface area (Å²) in [6.07, 6.45) is 1.20. The van der Waals surface area contributed by atoms with Gasteiger partial charge in [-0.25, -0.2) is 0 Å². The van der Waals surface area contributed by atoms with Crippen LogP contribution in [0.2, 0.25) is 0 Å². The van der Waals surface area contributed by atoms with Crippen LogP contribution in [0.15, 0.2) is 18.2 Å². The van der Waals surface area contributed by atoms with Crippen LogP contribution in [0.4, 0.5) is 0 Å². The van der Waals surface area contributed by atoms with Gasteiger partial charge in [-0.1, -0.05) is 41.1 Å². The molecule has 0 amide bonds. The zero-order chi connectivity index (χ0) is 12.1. The molecule has 0 N–H and O–H groups in total. The van der Waals surface area contributed by atoms with Gasteiger partial charge in [-0.15, -0.1) is 0 Å². The van der Waals surface area contributed by atoms with Gasteiger partial charge in [0.05, 0.1) is 0 Å². The second kappa shape index (κ2) is 6.41. The van der Waals surface area contributed by atoms with Crippen molar-refractivity contribution < 1.29 is 0 Å². The van der Waals surface area contributed by atoms with Gasteiger partial charge in [0.2, 0.25) is 0 Å². The van der Waals surface area contributed by atoms with Crippen molar-refractivity contribution in [1.82, 2.24) is 4.90 Å². The smallest absolute Gasteiger partial charge is 0.0235 e. The Kier molecular flexibility index (Phi) is 5.50. The lowest BCUT2D eigenvalue weighted by atomic mass is 10.0. The van der Waals surface area contributed by atoms with Gasteiger partial charge in [-0.05, 0) is 50.6 Å². The van der Waals surface area contributed by atoms with Gasteiger partial charge in [0.1, 0.15) is 0 Å². The summed E-state index contributed by atoms with van der Waals surface area (Å²) >= 11 is 3.59. The van der Waals surface area contributed by atoms with E-state index in [0.29, 0.717) is 4.83 Å². The third-order valence-corrected chi connectivity index (χ3v) is 3.44. The topological polar surface area (TPSA) is 3.24 Å². The molecule has 1 aromatic carbocycles. The van der Waals surface area contributed by atoms with Crippen LogP contribution in [0.3, 0.4) is 0 Å². The summed E-state index contributed by atoms with van der Waals surface area (Å²) in [5.74, 6) is 0. The Morgan fingerprint density at radius 3 is 2.31 bits per heavy atom. The summed E-state index contributed by atoms with van der Waals surface area (Å²) in [5.41, 5.74) is 4.28. The van der Waals surface area contributed by atoms with Crippen LogP contribution in [0.25, 0.3) is 0 Å². The monoisotopic (exact) mass is 283 g/mol. The Balaban J connectivity index is 2.59. The lowest BCUT2D eigenvalue weighted by molar-refractivity contribution is 0.321. The van der Waals surface area contributed by atoms with Gasteiger partial charge in [0.15, 0.2) is 0 Å². The number of rotatable bonds is 5. The molecule has 0 bridgehead atoms. The lowest BCUT2D eigenvalue weighted by Gasteiger charge is -2.20. The van der Waals surface area contributed by atoms with Crippen molar-refractivity contribution in [3.05, 3.63) is 34.9 Å². The first kappa shape index (κ1) is 13.7. The maximum atomic E-state index is 3.59. The number of halogens is 1. The second-order valence-electron chi connectivity index (χ2n) is 4.68. The van der Waals surface area contributed by atoms with Crippen molar-refractivity contribution in [3.63, 3.8) is 0 Å². The van der Waals surface area contributed by atoms with Gasteiger partial charge in [-0.3, -0.25) is 0 Å². The number of benzene rings is 1. The lowest BCUT2D eigenvalue weighted by Crippen LogP contribution is -2.21. The fraction of sp³-hybridized carbons (Fsp3) is 0.571. The molecule has 0 aliphatic rings. The predicted octanol–water partition coefficient (Wildman–Crippen LogP) is 3.91. The van der Waals surface area contributed by atoms with Crippen molar-refractivity contribution in [3.8, 4) is 0 Å². The van der Waals surface area contributed by atoms with E-state index in [4.69, 9.17) is 0 Å². The number of hydrogen-bond acceptors (Lipinski definition) is 1. The molecule has 0 fully saturated rings. The van der Waals surface area contributed by atoms with E-state index in [2.05, 4.69) is 66.8 Å². The number of alkyl halides is 1. The Labute approximate surface area is 108 Å². The van der Waals surface area contributed by atoms with Crippen LogP contribution < -0.4 is 0 Å². The molecule has 1 rings (SSSR count). The highest BCUT2D eigenvalue weighted by Crippen LogP contribution is 2.15. The maximum Gasteiger partial charge on any atom is 0.0235 e. The van der Waals surface area contributed by atoms with Crippen LogP contribution in [-0.4, -0.2) is 23.3 Å². The van der Waals surface area contributed by atoms with E-state index in [0.717, 1.165) is 13.1 Å². The SMILES string of the molecule is Cc1cccc(C)c1CN(C)CCC(C)Br. The third-order valence-electron chi connectivity index (χ3n) is 2.98. The van der Waals surface area contributed by atoms with Crippen molar-refractivity contribution in [2.24, 2.45) is 0 Å². The maximum absolute atomic E-state index is 3.59. The molecule has 2 heteroatoms. The standard InChI is InChI=1S/C14H22BrN/c1-11-6-5-7-12(2)14(11)10-16(4)9-8-13(3)15/h5-7,13H,8-10H2,1-4H3. The summed E-state index contributed by atoms with van der Waals surface area (Å²) in [6.45, 7) is 8.79. The number of nitrogens with zero attached hydrogens (tertiary/aromatic N) is 1. The first-order valence-corrected chi connectivity index (χ1v) is 6.80. The van der Waals surface area contributed by atoms with Crippen LogP contribution in [0.1, 0.15) is 30.0 Å². The predicted molar refractivity (Wildman–Crippen MR) is 75.3 cm³/mol. The molecule has 90 valence electrons. The molecule has 1 nitrogen and oxygen atoms in total. The average molecular weight is 284 g/mol. The Morgan fingerprint density at radius 2 is 1.81 bits per heavy atom. The quantitative estimate of drug-likeness (QED) is 0.741. The second-order valence-corrected chi connectivity index (χ2v) is 6.24. The minimum Gasteiger partial charge on any atom is -0.302 e. The van der Waals surface area contributed by atoms with Crippen molar-refractivity contribution in [2.45, 2.75) is 38.6 Å². The number of hydrogen-bond donors (Lipinski definition) is 0. The molecule has 0 aliphatic heterocycles. The highest BCUT2D eigenvalue weighted by molar-refractivity contribution is 9.09. The molecular formula is C14H22BrN. The molecule has 1 atom stereocenters. The molecule has 0 aromatic heterocycles. The zero-order valence-corrected chi connectivity index (χ0v) is 12.3. The molecule has 16 heavy (non-hydrogen) atoms. The summed E-state index contributed by atoms with van der Waals surface area (Å²) in [6, 6.07) is 6.53. The van der Waals surface area contributed by atoms with Gasteiger partial charge in [0.25, 0.3) is 0 Å². The van der Waals surface area contributed by atoms with E-state index in [9.17, 15) is 0 Å². The highest BCUT2D eigenvalue weighted by Gasteiger charge is 2.06. The molecule has 0 radical (unpaired) electrons. The van der Waals surface area contributed by atoms with Gasteiger partial charge in [0, 0.05) is 11.4 Å². The first-order chi connectivity index (χ1) is 7.50. The van der Waals surface area contributed by atoms with Crippen molar-refractivity contribution in [2.75, 3.05) is 13.6 Å². The van der Waals surface area contributed by atoms with E-state index < -0.39 is 0 Å². The zero-order valence-electron chi connectivity index (χ0n) is 10.8. The van der Waals surface area contributed by atoms with Gasteiger partial charge in [-0.2, -0.15) is 0 Å². The van der Waals surface area contributed by atoms with E-state index in [1.165, 1.54) is 23.1 Å². The summed E-state index contributed by atoms with van der Waals surface area (Å²) in [7, 11) is 2.20. The molecule has 1 unspecified atom stereocenters. The summed E-state index contributed by atoms with van der Waals surface area (Å²) in [4.78, 5) is 3.00. The van der Waals surface area contributed by atoms with Crippen LogP contribution in [0, 0.1) is 13.8 Å². The number of aryl methyl sites for hydroxylation is 2. The molecular weight excluding hydrogens is 262 g/mol. The molecule has 0 saturated heterocycles. The van der Waals surface area contributed by atoms with Crippen LogP contribution in [-0.2, 0) is 6.54 Å². The minimum absolute atomic E-state index is 0.605. The van der Waals surface area contributed by atoms with E-state index in [1.807, 2.05) is 0 Å². The van der Waals surface area contributed by atoms with Crippen LogP contribution >= 0.6 is 15.9 Å². The largest absolute Gasteiger partial charge is 0.302 e. The van der Waals surface area contributed by atoms with Crippen molar-refractivity contribution >= 4 is 15.9 Å². The summed E-state index contributed by atoms with van der Waals surface area (Å²) in [5, 5.41) is 0. The van der Waals surface area contributed by atoms with E-state index >= 15 is 0 Å². The molecule has 1 aromatic rings. The van der Waals surface area contributed by atoms with Crippen molar-refractivity contribution in [1.29, 1.82) is 0 Å². The molecule has 0 heterocycles. The Hall–Kier alpha value is -0.340. The summed E-state index contributed by atoms with van der Waals surface area (Å²) < 4.78 is 0. The highest BCUT2D eigenvalue weighted by atomic mass is 79.9. The van der Waals surface area contributed by atoms with Crippen LogP contribution in [0.5, 0.6) is 0 Å². The fourth-order valence-corrected chi connectivity index (χ4v) is 2.05. The molecule has 0 aliphatic carbocycles. The van der Waals surface area contributed by atoms with Gasteiger partial charge >= 0.3 is 0 Å². The minimum atomic E-state index is 0.605. The normalized spacial score (nSPS) is 13.1. The Morgan fingerprint density at radius 1 is 1.25 bits per heavy atom. The van der Waals surface area contributed by atoms with Gasteiger partial charge < -0.3 is 4.90 Å². The molecule has 0 spiro atoms. The van der Waals surface area contributed by atoms with E-state index in [-0.39, 0.29) is 0 Å².